The van der Waals surface area contributed by atoms with Gasteiger partial charge in [0.05, 0.1) is 23.0 Å². The Hall–Kier alpha value is -3.23. The van der Waals surface area contributed by atoms with Crippen LogP contribution in [0, 0.1) is 17.0 Å². The van der Waals surface area contributed by atoms with Crippen LogP contribution in [0.3, 0.4) is 0 Å². The molecule has 0 saturated carbocycles. The first-order valence-electron chi connectivity index (χ1n) is 8.77. The minimum absolute atomic E-state index is 0.0661. The van der Waals surface area contributed by atoms with Crippen molar-refractivity contribution in [2.75, 3.05) is 7.11 Å². The van der Waals surface area contributed by atoms with Gasteiger partial charge in [-0.1, -0.05) is 42.0 Å². The number of nitrogens with one attached hydrogen (secondary N) is 1. The molecule has 0 bridgehead atoms. The molecule has 1 atom stereocenters. The van der Waals surface area contributed by atoms with Gasteiger partial charge in [-0.2, -0.15) is 4.72 Å². The lowest BCUT2D eigenvalue weighted by atomic mass is 9.99. The van der Waals surface area contributed by atoms with Crippen molar-refractivity contribution < 1.29 is 18.1 Å². The summed E-state index contributed by atoms with van der Waals surface area (Å²) in [6.45, 7) is 1.88. The van der Waals surface area contributed by atoms with Crippen LogP contribution in [-0.2, 0) is 10.0 Å². The molecule has 7 nitrogen and oxygen atoms in total. The van der Waals surface area contributed by atoms with Crippen LogP contribution in [0.1, 0.15) is 22.7 Å². The fourth-order valence-corrected chi connectivity index (χ4v) is 4.07. The standard InChI is InChI=1S/C21H20N2O5S/c1-15-3-13-20(14-4-15)29(26,27)22-21(17-7-11-19(28-2)12-8-17)16-5-9-18(10-6-16)23(24)25/h3-14,21-22H,1-2H3. The zero-order chi connectivity index (χ0) is 21.0. The van der Waals surface area contributed by atoms with Gasteiger partial charge in [-0.15, -0.1) is 0 Å². The number of hydrogen-bond acceptors (Lipinski definition) is 5. The van der Waals surface area contributed by atoms with Crippen molar-refractivity contribution in [3.05, 3.63) is 99.6 Å². The van der Waals surface area contributed by atoms with E-state index in [1.54, 1.807) is 67.8 Å². The van der Waals surface area contributed by atoms with E-state index in [2.05, 4.69) is 4.72 Å². The molecule has 29 heavy (non-hydrogen) atoms. The van der Waals surface area contributed by atoms with Gasteiger partial charge in [-0.25, -0.2) is 8.42 Å². The van der Waals surface area contributed by atoms with Crippen LogP contribution in [-0.4, -0.2) is 20.5 Å². The van der Waals surface area contributed by atoms with Crippen LogP contribution in [0.5, 0.6) is 5.75 Å². The summed E-state index contributed by atoms with van der Waals surface area (Å²) in [5, 5.41) is 10.9. The molecule has 0 amide bonds. The van der Waals surface area contributed by atoms with Gasteiger partial charge in [0.15, 0.2) is 0 Å². The lowest BCUT2D eigenvalue weighted by molar-refractivity contribution is -0.384. The smallest absolute Gasteiger partial charge is 0.269 e. The van der Waals surface area contributed by atoms with Crippen molar-refractivity contribution in [1.82, 2.24) is 4.72 Å². The molecule has 8 heteroatoms. The summed E-state index contributed by atoms with van der Waals surface area (Å²) < 4.78 is 33.8. The van der Waals surface area contributed by atoms with Gasteiger partial charge in [0.2, 0.25) is 10.0 Å². The molecule has 0 aliphatic carbocycles. The summed E-state index contributed by atoms with van der Waals surface area (Å²) in [7, 11) is -2.29. The molecule has 0 saturated heterocycles. The summed E-state index contributed by atoms with van der Waals surface area (Å²) in [6.07, 6.45) is 0. The molecule has 0 radical (unpaired) electrons. The van der Waals surface area contributed by atoms with Crippen LogP contribution < -0.4 is 9.46 Å². The van der Waals surface area contributed by atoms with Crippen LogP contribution in [0.4, 0.5) is 5.69 Å². The third-order valence-corrected chi connectivity index (χ3v) is 5.93. The second-order valence-electron chi connectivity index (χ2n) is 6.49. The normalized spacial score (nSPS) is 12.3. The maximum atomic E-state index is 13.0. The largest absolute Gasteiger partial charge is 0.497 e. The highest BCUT2D eigenvalue weighted by molar-refractivity contribution is 7.89. The van der Waals surface area contributed by atoms with Gasteiger partial charge >= 0.3 is 0 Å². The second-order valence-corrected chi connectivity index (χ2v) is 8.20. The van der Waals surface area contributed by atoms with E-state index in [1.165, 1.54) is 12.1 Å². The van der Waals surface area contributed by atoms with Gasteiger partial charge in [-0.05, 0) is 42.3 Å². The van der Waals surface area contributed by atoms with E-state index in [4.69, 9.17) is 4.74 Å². The summed E-state index contributed by atoms with van der Waals surface area (Å²) in [4.78, 5) is 10.6. The first-order chi connectivity index (χ1) is 13.8. The maximum Gasteiger partial charge on any atom is 0.269 e. The SMILES string of the molecule is COc1ccc(C(NS(=O)(=O)c2ccc(C)cc2)c2ccc([N+](=O)[O-])cc2)cc1. The number of methoxy groups -OCH3 is 1. The van der Waals surface area contributed by atoms with E-state index in [0.717, 1.165) is 5.56 Å². The van der Waals surface area contributed by atoms with E-state index in [0.29, 0.717) is 16.9 Å². The Morgan fingerprint density at radius 2 is 1.41 bits per heavy atom. The number of rotatable bonds is 7. The average Bonchev–Trinajstić information content (AvgIpc) is 2.72. The number of hydrogen-bond donors (Lipinski definition) is 1. The van der Waals surface area contributed by atoms with Gasteiger partial charge < -0.3 is 4.74 Å². The Kier molecular flexibility index (Phi) is 5.95. The molecule has 0 aliphatic heterocycles. The highest BCUT2D eigenvalue weighted by atomic mass is 32.2. The van der Waals surface area contributed by atoms with Gasteiger partial charge in [-0.3, -0.25) is 10.1 Å². The maximum absolute atomic E-state index is 13.0. The third-order valence-electron chi connectivity index (χ3n) is 4.49. The Labute approximate surface area is 169 Å². The second kappa shape index (κ2) is 8.42. The van der Waals surface area contributed by atoms with E-state index < -0.39 is 21.0 Å². The number of non-ortho nitro benzene ring substituents is 1. The van der Waals surface area contributed by atoms with Crippen LogP contribution >= 0.6 is 0 Å². The van der Waals surface area contributed by atoms with E-state index in [1.807, 2.05) is 6.92 Å². The van der Waals surface area contributed by atoms with Crippen LogP contribution in [0.15, 0.2) is 77.7 Å². The lowest BCUT2D eigenvalue weighted by Gasteiger charge is -2.20. The number of nitrogens with zero attached hydrogens (tertiary/aromatic N) is 1. The summed E-state index contributed by atoms with van der Waals surface area (Å²) in [5.74, 6) is 0.637. The van der Waals surface area contributed by atoms with Gasteiger partial charge in [0.1, 0.15) is 5.75 Å². The fraction of sp³-hybridized carbons (Fsp3) is 0.143. The quantitative estimate of drug-likeness (QED) is 0.467. The molecule has 0 aliphatic rings. The highest BCUT2D eigenvalue weighted by Crippen LogP contribution is 2.28. The Morgan fingerprint density at radius 1 is 0.897 bits per heavy atom. The minimum Gasteiger partial charge on any atom is -0.497 e. The molecular formula is C21H20N2O5S. The molecule has 0 fully saturated rings. The number of ether oxygens (including phenoxy) is 1. The van der Waals surface area contributed by atoms with E-state index >= 15 is 0 Å². The Bertz CT molecular complexity index is 1090. The Morgan fingerprint density at radius 3 is 1.90 bits per heavy atom. The van der Waals surface area contributed by atoms with Gasteiger partial charge in [0, 0.05) is 12.1 Å². The molecule has 3 rings (SSSR count). The summed E-state index contributed by atoms with van der Waals surface area (Å²) in [6, 6.07) is 18.6. The molecule has 0 heterocycles. The first kappa shape index (κ1) is 20.5. The average molecular weight is 412 g/mol. The summed E-state index contributed by atoms with van der Waals surface area (Å²) in [5.41, 5.74) is 2.14. The van der Waals surface area contributed by atoms with Crippen LogP contribution in [0.2, 0.25) is 0 Å². The van der Waals surface area contributed by atoms with E-state index in [-0.39, 0.29) is 10.6 Å². The predicted molar refractivity (Wildman–Crippen MR) is 109 cm³/mol. The van der Waals surface area contributed by atoms with Crippen molar-refractivity contribution in [3.63, 3.8) is 0 Å². The molecule has 1 unspecified atom stereocenters. The van der Waals surface area contributed by atoms with E-state index in [9.17, 15) is 18.5 Å². The molecule has 3 aromatic carbocycles. The van der Waals surface area contributed by atoms with Crippen molar-refractivity contribution in [2.24, 2.45) is 0 Å². The van der Waals surface area contributed by atoms with Gasteiger partial charge in [0.25, 0.3) is 5.69 Å². The lowest BCUT2D eigenvalue weighted by Crippen LogP contribution is -2.29. The zero-order valence-corrected chi connectivity index (χ0v) is 16.7. The predicted octanol–water partition coefficient (Wildman–Crippen LogP) is 3.98. The first-order valence-corrected chi connectivity index (χ1v) is 10.3. The molecular weight excluding hydrogens is 392 g/mol. The minimum atomic E-state index is -3.83. The monoisotopic (exact) mass is 412 g/mol. The number of sulfonamides is 1. The molecule has 3 aromatic rings. The van der Waals surface area contributed by atoms with Crippen molar-refractivity contribution in [1.29, 1.82) is 0 Å². The van der Waals surface area contributed by atoms with Crippen LogP contribution in [0.25, 0.3) is 0 Å². The topological polar surface area (TPSA) is 98.5 Å². The highest BCUT2D eigenvalue weighted by Gasteiger charge is 2.23. The van der Waals surface area contributed by atoms with Crippen molar-refractivity contribution in [3.8, 4) is 5.75 Å². The zero-order valence-electron chi connectivity index (χ0n) is 15.9. The molecule has 150 valence electrons. The summed E-state index contributed by atoms with van der Waals surface area (Å²) >= 11 is 0. The third kappa shape index (κ3) is 4.79. The van der Waals surface area contributed by atoms with Crippen molar-refractivity contribution >= 4 is 15.7 Å². The number of nitro benzene ring substituents is 1. The Balaban J connectivity index is 2.01. The number of aryl methyl sites for hydroxylation is 1. The molecule has 0 spiro atoms. The number of nitro groups is 1. The fourth-order valence-electron chi connectivity index (χ4n) is 2.85. The molecule has 0 aromatic heterocycles. The molecule has 1 N–H and O–H groups in total. The number of benzene rings is 3. The van der Waals surface area contributed by atoms with Crippen molar-refractivity contribution in [2.45, 2.75) is 17.9 Å².